The van der Waals surface area contributed by atoms with Gasteiger partial charge in [-0.1, -0.05) is 18.2 Å². The molecule has 0 aliphatic heterocycles. The number of nitrogens with two attached hydrogens (primary N) is 1. The molecule has 0 saturated heterocycles. The lowest BCUT2D eigenvalue weighted by Gasteiger charge is -2.14. The number of amides is 2. The topological polar surface area (TPSA) is 108 Å². The fourth-order valence-corrected chi connectivity index (χ4v) is 4.72. The van der Waals surface area contributed by atoms with E-state index in [0.717, 1.165) is 35.3 Å². The van der Waals surface area contributed by atoms with E-state index in [1.54, 1.807) is 7.11 Å². The predicted octanol–water partition coefficient (Wildman–Crippen LogP) is 2.85. The number of carbonyl (C=O) groups excluding carboxylic acids is 3. The number of carbonyl (C=O) groups is 3. The molecule has 1 aliphatic carbocycles. The van der Waals surface area contributed by atoms with Gasteiger partial charge < -0.3 is 20.5 Å². The van der Waals surface area contributed by atoms with E-state index in [4.69, 9.17) is 15.2 Å². The maximum Gasteiger partial charge on any atom is 0.306 e. The summed E-state index contributed by atoms with van der Waals surface area (Å²) in [6.07, 6.45) is 2.23. The van der Waals surface area contributed by atoms with Crippen molar-refractivity contribution in [2.45, 2.75) is 45.1 Å². The van der Waals surface area contributed by atoms with Crippen molar-refractivity contribution in [3.8, 4) is 5.75 Å². The Morgan fingerprint density at radius 3 is 2.72 bits per heavy atom. The van der Waals surface area contributed by atoms with Gasteiger partial charge in [0.05, 0.1) is 12.7 Å². The Balaban J connectivity index is 1.57. The van der Waals surface area contributed by atoms with E-state index in [-0.39, 0.29) is 6.42 Å². The van der Waals surface area contributed by atoms with Crippen LogP contribution in [-0.4, -0.2) is 31.0 Å². The molecule has 154 valence electrons. The molecule has 7 nitrogen and oxygen atoms in total. The highest BCUT2D eigenvalue weighted by Crippen LogP contribution is 2.38. The Kier molecular flexibility index (Phi) is 6.53. The second-order valence-corrected chi connectivity index (χ2v) is 7.96. The van der Waals surface area contributed by atoms with Gasteiger partial charge in [0.25, 0.3) is 11.8 Å². The predicted molar refractivity (Wildman–Crippen MR) is 110 cm³/mol. The second kappa shape index (κ2) is 9.09. The number of fused-ring (bicyclic) bond motifs is 1. The molecular weight excluding hydrogens is 392 g/mol. The first-order chi connectivity index (χ1) is 13.9. The third-order valence-electron chi connectivity index (χ3n) is 4.87. The Labute approximate surface area is 173 Å². The summed E-state index contributed by atoms with van der Waals surface area (Å²) in [5.41, 5.74) is 7.71. The van der Waals surface area contributed by atoms with Crippen molar-refractivity contribution in [1.82, 2.24) is 0 Å². The number of hydrogen-bond donors (Lipinski definition) is 2. The first-order valence-corrected chi connectivity index (χ1v) is 10.3. The molecule has 2 amide bonds. The molecule has 0 fully saturated rings. The van der Waals surface area contributed by atoms with Crippen molar-refractivity contribution >= 4 is 34.1 Å². The molecule has 2 aromatic rings. The zero-order chi connectivity index (χ0) is 21.0. The second-order valence-electron chi connectivity index (χ2n) is 6.86. The van der Waals surface area contributed by atoms with Gasteiger partial charge in [-0.15, -0.1) is 11.3 Å². The van der Waals surface area contributed by atoms with Crippen LogP contribution < -0.4 is 15.8 Å². The fourth-order valence-electron chi connectivity index (χ4n) is 3.42. The number of rotatable bonds is 8. The summed E-state index contributed by atoms with van der Waals surface area (Å²) in [6, 6.07) is 7.43. The number of hydrogen-bond acceptors (Lipinski definition) is 6. The summed E-state index contributed by atoms with van der Waals surface area (Å²) in [7, 11) is 1.57. The van der Waals surface area contributed by atoms with E-state index >= 15 is 0 Å². The van der Waals surface area contributed by atoms with Crippen molar-refractivity contribution in [2.75, 3.05) is 12.4 Å². The number of para-hydroxylation sites is 1. The van der Waals surface area contributed by atoms with Crippen LogP contribution >= 0.6 is 11.3 Å². The number of esters is 1. The molecule has 0 unspecified atom stereocenters. The molecule has 3 N–H and O–H groups in total. The molecule has 0 spiro atoms. The van der Waals surface area contributed by atoms with Gasteiger partial charge in [0, 0.05) is 11.3 Å². The average molecular weight is 416 g/mol. The number of benzene rings is 1. The Hall–Kier alpha value is -2.87. The lowest BCUT2D eigenvalue weighted by atomic mass is 10.1. The number of ether oxygens (including phenoxy) is 2. The van der Waals surface area contributed by atoms with Crippen LogP contribution in [0.1, 0.15) is 46.1 Å². The van der Waals surface area contributed by atoms with Crippen LogP contribution in [0.5, 0.6) is 5.75 Å². The molecule has 1 heterocycles. The highest BCUT2D eigenvalue weighted by Gasteiger charge is 2.27. The molecule has 29 heavy (non-hydrogen) atoms. The highest BCUT2D eigenvalue weighted by atomic mass is 32.1. The normalized spacial score (nSPS) is 13.4. The Morgan fingerprint density at radius 1 is 1.24 bits per heavy atom. The van der Waals surface area contributed by atoms with Gasteiger partial charge in [0.15, 0.2) is 6.10 Å². The van der Waals surface area contributed by atoms with Crippen LogP contribution in [0.4, 0.5) is 5.00 Å². The minimum Gasteiger partial charge on any atom is -0.496 e. The average Bonchev–Trinajstić information content (AvgIpc) is 3.26. The van der Waals surface area contributed by atoms with E-state index in [1.807, 2.05) is 24.3 Å². The van der Waals surface area contributed by atoms with E-state index in [2.05, 4.69) is 5.32 Å². The highest BCUT2D eigenvalue weighted by molar-refractivity contribution is 7.17. The lowest BCUT2D eigenvalue weighted by molar-refractivity contribution is -0.153. The van der Waals surface area contributed by atoms with Crippen LogP contribution in [0.2, 0.25) is 0 Å². The summed E-state index contributed by atoms with van der Waals surface area (Å²) in [6.45, 7) is 1.50. The maximum absolute atomic E-state index is 12.5. The summed E-state index contributed by atoms with van der Waals surface area (Å²) in [4.78, 5) is 37.5. The molecule has 1 aliphatic rings. The summed E-state index contributed by atoms with van der Waals surface area (Å²) < 4.78 is 10.5. The molecular formula is C21H24N2O5S. The van der Waals surface area contributed by atoms with E-state index in [1.165, 1.54) is 18.3 Å². The van der Waals surface area contributed by atoms with E-state index < -0.39 is 23.9 Å². The molecule has 1 aromatic carbocycles. The minimum absolute atomic E-state index is 0.123. The van der Waals surface area contributed by atoms with E-state index in [0.29, 0.717) is 22.7 Å². The Morgan fingerprint density at radius 2 is 2.00 bits per heavy atom. The maximum atomic E-state index is 12.5. The number of thiophene rings is 1. The van der Waals surface area contributed by atoms with Crippen LogP contribution in [0.3, 0.4) is 0 Å². The van der Waals surface area contributed by atoms with Crippen LogP contribution in [0.15, 0.2) is 24.3 Å². The largest absolute Gasteiger partial charge is 0.496 e. The Bertz CT molecular complexity index is 937. The van der Waals surface area contributed by atoms with Crippen molar-refractivity contribution in [3.05, 3.63) is 45.8 Å². The minimum atomic E-state index is -0.988. The number of aryl methyl sites for hydroxylation is 2. The van der Waals surface area contributed by atoms with Crippen molar-refractivity contribution < 1.29 is 23.9 Å². The van der Waals surface area contributed by atoms with Gasteiger partial charge >= 0.3 is 5.97 Å². The van der Waals surface area contributed by atoms with Gasteiger partial charge in [0.2, 0.25) is 0 Å². The zero-order valence-electron chi connectivity index (χ0n) is 16.4. The number of methoxy groups -OCH3 is 1. The SMILES string of the molecule is COc1ccccc1CCC(=O)O[C@@H](C)C(=O)Nc1sc2c(c1C(N)=O)CCC2. The molecule has 0 radical (unpaired) electrons. The molecule has 8 heteroatoms. The fraction of sp³-hybridized carbons (Fsp3) is 0.381. The summed E-state index contributed by atoms with van der Waals surface area (Å²) in [5, 5.41) is 3.13. The first kappa shape index (κ1) is 20.9. The number of anilines is 1. The van der Waals surface area contributed by atoms with Gasteiger partial charge in [-0.25, -0.2) is 0 Å². The molecule has 0 bridgehead atoms. The molecule has 1 aromatic heterocycles. The molecule has 1 atom stereocenters. The number of nitrogens with one attached hydrogen (secondary N) is 1. The number of primary amides is 1. The zero-order valence-corrected chi connectivity index (χ0v) is 17.3. The van der Waals surface area contributed by atoms with Crippen molar-refractivity contribution in [3.63, 3.8) is 0 Å². The molecule has 0 saturated carbocycles. The van der Waals surface area contributed by atoms with Gasteiger partial charge in [-0.3, -0.25) is 14.4 Å². The lowest BCUT2D eigenvalue weighted by Crippen LogP contribution is -2.30. The van der Waals surface area contributed by atoms with Crippen LogP contribution in [0.25, 0.3) is 0 Å². The molecule has 3 rings (SSSR count). The smallest absolute Gasteiger partial charge is 0.306 e. The third-order valence-corrected chi connectivity index (χ3v) is 6.08. The third kappa shape index (κ3) is 4.76. The van der Waals surface area contributed by atoms with Crippen molar-refractivity contribution in [1.29, 1.82) is 0 Å². The summed E-state index contributed by atoms with van der Waals surface area (Å²) in [5.74, 6) is -0.822. The standard InChI is InChI=1S/C21H24N2O5S/c1-12(28-17(24)11-10-13-6-3-4-8-15(13)27-2)20(26)23-21-18(19(22)25)14-7-5-9-16(14)29-21/h3-4,6,8,12H,5,7,9-11H2,1-2H3,(H2,22,25)(H,23,26)/t12-/m0/s1. The van der Waals surface area contributed by atoms with Crippen molar-refractivity contribution in [2.24, 2.45) is 5.73 Å². The quantitative estimate of drug-likeness (QED) is 0.644. The van der Waals surface area contributed by atoms with Gasteiger partial charge in [-0.2, -0.15) is 0 Å². The first-order valence-electron chi connectivity index (χ1n) is 9.47. The van der Waals surface area contributed by atoms with Crippen LogP contribution in [-0.2, 0) is 33.6 Å². The monoisotopic (exact) mass is 416 g/mol. The van der Waals surface area contributed by atoms with Gasteiger partial charge in [0.1, 0.15) is 10.8 Å². The van der Waals surface area contributed by atoms with E-state index in [9.17, 15) is 14.4 Å². The van der Waals surface area contributed by atoms with Gasteiger partial charge in [-0.05, 0) is 49.8 Å². The van der Waals surface area contributed by atoms with Crippen LogP contribution in [0, 0.1) is 0 Å². The summed E-state index contributed by atoms with van der Waals surface area (Å²) >= 11 is 1.37.